The molecule has 0 radical (unpaired) electrons. The number of benzene rings is 2. The molecule has 2 heterocycles. The minimum atomic E-state index is -0.259. The van der Waals surface area contributed by atoms with E-state index in [1.807, 2.05) is 18.0 Å². The summed E-state index contributed by atoms with van der Waals surface area (Å²) in [6.07, 6.45) is 1.08. The van der Waals surface area contributed by atoms with Crippen LogP contribution in [0, 0.1) is 11.7 Å². The lowest BCUT2D eigenvalue weighted by molar-refractivity contribution is -0.123. The number of amides is 1. The van der Waals surface area contributed by atoms with Crippen LogP contribution in [0.5, 0.6) is 5.88 Å². The number of nitrogens with one attached hydrogen (secondary N) is 1. The van der Waals surface area contributed by atoms with Crippen molar-refractivity contribution in [2.24, 2.45) is 5.92 Å². The molecule has 0 bridgehead atoms. The molecule has 3 aromatic rings. The summed E-state index contributed by atoms with van der Waals surface area (Å²) >= 11 is 0. The largest absolute Gasteiger partial charge is 0.466 e. The standard InChI is InChI=1S/C26H30FN5O2/c1-31(16-21-7-9-23(27)10-8-21)24-11-12-26(30-29-24)34-19-25(33)28-15-22-13-14-32(18-22)17-20-5-3-2-4-6-20/h2-12,22H,13-19H2,1H3,(H,28,33). The fourth-order valence-electron chi connectivity index (χ4n) is 4.05. The van der Waals surface area contributed by atoms with Crippen molar-refractivity contribution in [2.75, 3.05) is 38.2 Å². The molecule has 0 spiro atoms. The van der Waals surface area contributed by atoms with Crippen LogP contribution in [0.1, 0.15) is 17.5 Å². The molecule has 7 nitrogen and oxygen atoms in total. The number of rotatable bonds is 10. The zero-order valence-corrected chi connectivity index (χ0v) is 19.4. The lowest BCUT2D eigenvalue weighted by Crippen LogP contribution is -2.34. The van der Waals surface area contributed by atoms with Crippen molar-refractivity contribution in [1.82, 2.24) is 20.4 Å². The molecule has 4 rings (SSSR count). The van der Waals surface area contributed by atoms with Crippen molar-refractivity contribution in [3.63, 3.8) is 0 Å². The van der Waals surface area contributed by atoms with Gasteiger partial charge in [-0.2, -0.15) is 0 Å². The van der Waals surface area contributed by atoms with Crippen LogP contribution < -0.4 is 15.0 Å². The van der Waals surface area contributed by atoms with Gasteiger partial charge in [-0.3, -0.25) is 9.69 Å². The van der Waals surface area contributed by atoms with Gasteiger partial charge in [-0.05, 0) is 48.2 Å². The van der Waals surface area contributed by atoms with Crippen LogP contribution in [-0.4, -0.2) is 54.3 Å². The van der Waals surface area contributed by atoms with E-state index in [0.717, 1.165) is 31.6 Å². The summed E-state index contributed by atoms with van der Waals surface area (Å²) in [5.74, 6) is 0.973. The number of carbonyl (C=O) groups excluding carboxylic acids is 1. The number of aromatic nitrogens is 2. The van der Waals surface area contributed by atoms with Gasteiger partial charge in [-0.1, -0.05) is 42.5 Å². The number of nitrogens with zero attached hydrogens (tertiary/aromatic N) is 4. The average molecular weight is 464 g/mol. The second-order valence-corrected chi connectivity index (χ2v) is 8.68. The number of ether oxygens (including phenoxy) is 1. The smallest absolute Gasteiger partial charge is 0.258 e. The SMILES string of the molecule is CN(Cc1ccc(F)cc1)c1ccc(OCC(=O)NCC2CCN(Cc3ccccc3)C2)nn1. The third-order valence-electron chi connectivity index (χ3n) is 5.91. The first kappa shape index (κ1) is 23.6. The maximum Gasteiger partial charge on any atom is 0.258 e. The van der Waals surface area contributed by atoms with E-state index in [1.54, 1.807) is 24.3 Å². The summed E-state index contributed by atoms with van der Waals surface area (Å²) in [6, 6.07) is 20.3. The molecule has 1 aliphatic rings. The minimum Gasteiger partial charge on any atom is -0.466 e. The summed E-state index contributed by atoms with van der Waals surface area (Å²) in [5.41, 5.74) is 2.28. The van der Waals surface area contributed by atoms with Gasteiger partial charge in [0.2, 0.25) is 5.88 Å². The number of hydrogen-bond donors (Lipinski definition) is 1. The average Bonchev–Trinajstić information content (AvgIpc) is 3.31. The molecule has 0 saturated carbocycles. The van der Waals surface area contributed by atoms with Gasteiger partial charge in [0.05, 0.1) is 0 Å². The zero-order chi connectivity index (χ0) is 23.8. The predicted molar refractivity (Wildman–Crippen MR) is 129 cm³/mol. The van der Waals surface area contributed by atoms with Crippen molar-refractivity contribution in [3.05, 3.63) is 83.7 Å². The second-order valence-electron chi connectivity index (χ2n) is 8.68. The first-order valence-corrected chi connectivity index (χ1v) is 11.5. The van der Waals surface area contributed by atoms with E-state index in [-0.39, 0.29) is 18.3 Å². The Bertz CT molecular complexity index is 1050. The topological polar surface area (TPSA) is 70.6 Å². The Kier molecular flexibility index (Phi) is 8.04. The summed E-state index contributed by atoms with van der Waals surface area (Å²) in [5, 5.41) is 11.2. The van der Waals surface area contributed by atoms with E-state index in [0.29, 0.717) is 30.7 Å². The Morgan fingerprint density at radius 3 is 2.62 bits per heavy atom. The van der Waals surface area contributed by atoms with Gasteiger partial charge < -0.3 is 15.0 Å². The molecule has 8 heteroatoms. The van der Waals surface area contributed by atoms with E-state index < -0.39 is 0 Å². The fraction of sp³-hybridized carbons (Fsp3) is 0.346. The molecular formula is C26H30FN5O2. The number of carbonyl (C=O) groups is 1. The maximum absolute atomic E-state index is 13.1. The Hall–Kier alpha value is -3.52. The molecule has 1 N–H and O–H groups in total. The van der Waals surface area contributed by atoms with Gasteiger partial charge in [0.25, 0.3) is 5.91 Å². The van der Waals surface area contributed by atoms with Gasteiger partial charge in [-0.25, -0.2) is 4.39 Å². The zero-order valence-electron chi connectivity index (χ0n) is 19.4. The summed E-state index contributed by atoms with van der Waals surface area (Å²) < 4.78 is 18.5. The van der Waals surface area contributed by atoms with E-state index in [1.165, 1.54) is 17.7 Å². The number of hydrogen-bond acceptors (Lipinski definition) is 6. The van der Waals surface area contributed by atoms with Gasteiger partial charge in [0, 0.05) is 39.3 Å². The first-order chi connectivity index (χ1) is 16.5. The highest BCUT2D eigenvalue weighted by atomic mass is 19.1. The van der Waals surface area contributed by atoms with Crippen LogP contribution in [0.15, 0.2) is 66.7 Å². The highest BCUT2D eigenvalue weighted by Crippen LogP contribution is 2.18. The fourth-order valence-corrected chi connectivity index (χ4v) is 4.05. The predicted octanol–water partition coefficient (Wildman–Crippen LogP) is 3.27. The lowest BCUT2D eigenvalue weighted by Gasteiger charge is -2.18. The van der Waals surface area contributed by atoms with Gasteiger partial charge >= 0.3 is 0 Å². The number of halogens is 1. The number of likely N-dealkylation sites (tertiary alicyclic amines) is 1. The normalized spacial score (nSPS) is 15.8. The van der Waals surface area contributed by atoms with E-state index in [2.05, 4.69) is 44.7 Å². The van der Waals surface area contributed by atoms with Crippen molar-refractivity contribution in [1.29, 1.82) is 0 Å². The van der Waals surface area contributed by atoms with Gasteiger partial charge in [0.1, 0.15) is 5.82 Å². The molecule has 34 heavy (non-hydrogen) atoms. The molecule has 1 amide bonds. The van der Waals surface area contributed by atoms with E-state index in [4.69, 9.17) is 4.74 Å². The molecule has 178 valence electrons. The molecule has 1 saturated heterocycles. The monoisotopic (exact) mass is 463 g/mol. The highest BCUT2D eigenvalue weighted by Gasteiger charge is 2.22. The lowest BCUT2D eigenvalue weighted by atomic mass is 10.1. The molecule has 1 unspecified atom stereocenters. The van der Waals surface area contributed by atoms with Crippen LogP contribution in [-0.2, 0) is 17.9 Å². The molecule has 1 aromatic heterocycles. The van der Waals surface area contributed by atoms with Crippen molar-refractivity contribution < 1.29 is 13.9 Å². The Balaban J connectivity index is 1.15. The molecule has 1 aliphatic heterocycles. The van der Waals surface area contributed by atoms with Crippen LogP contribution in [0.4, 0.5) is 10.2 Å². The second kappa shape index (κ2) is 11.6. The van der Waals surface area contributed by atoms with Crippen LogP contribution in [0.3, 0.4) is 0 Å². The Morgan fingerprint density at radius 1 is 1.09 bits per heavy atom. The van der Waals surface area contributed by atoms with Crippen LogP contribution in [0.25, 0.3) is 0 Å². The molecule has 0 aliphatic carbocycles. The Morgan fingerprint density at radius 2 is 1.88 bits per heavy atom. The van der Waals surface area contributed by atoms with E-state index in [9.17, 15) is 9.18 Å². The summed E-state index contributed by atoms with van der Waals surface area (Å²) in [7, 11) is 1.88. The first-order valence-electron chi connectivity index (χ1n) is 11.5. The van der Waals surface area contributed by atoms with Gasteiger partial charge in [-0.15, -0.1) is 10.2 Å². The van der Waals surface area contributed by atoms with Crippen molar-refractivity contribution in [2.45, 2.75) is 19.5 Å². The molecular weight excluding hydrogens is 433 g/mol. The summed E-state index contributed by atoms with van der Waals surface area (Å²) in [4.78, 5) is 16.5. The molecule has 1 fully saturated rings. The quantitative estimate of drug-likeness (QED) is 0.498. The van der Waals surface area contributed by atoms with Crippen LogP contribution >= 0.6 is 0 Å². The minimum absolute atomic E-state index is 0.0973. The molecule has 2 aromatic carbocycles. The molecule has 1 atom stereocenters. The van der Waals surface area contributed by atoms with Crippen molar-refractivity contribution >= 4 is 11.7 Å². The van der Waals surface area contributed by atoms with Crippen molar-refractivity contribution in [3.8, 4) is 5.88 Å². The van der Waals surface area contributed by atoms with Gasteiger partial charge in [0.15, 0.2) is 12.4 Å². The maximum atomic E-state index is 13.1. The van der Waals surface area contributed by atoms with Crippen LogP contribution in [0.2, 0.25) is 0 Å². The Labute approximate surface area is 199 Å². The summed E-state index contributed by atoms with van der Waals surface area (Å²) in [6.45, 7) is 4.09. The number of anilines is 1. The highest BCUT2D eigenvalue weighted by molar-refractivity contribution is 5.77. The van der Waals surface area contributed by atoms with E-state index >= 15 is 0 Å². The third kappa shape index (κ3) is 6.99. The third-order valence-corrected chi connectivity index (χ3v) is 5.91.